The molecule has 4 rings (SSSR count). The Bertz CT molecular complexity index is 1160. The number of para-hydroxylation sites is 1. The number of carbonyl (C=O) groups is 1. The second-order valence-electron chi connectivity index (χ2n) is 5.24. The quantitative estimate of drug-likeness (QED) is 0.447. The van der Waals surface area contributed by atoms with Crippen molar-refractivity contribution in [3.63, 3.8) is 0 Å². The molecular weight excluding hydrogens is 397 g/mol. The minimum absolute atomic E-state index is 0.350. The molecule has 126 valence electrons. The van der Waals surface area contributed by atoms with Crippen molar-refractivity contribution in [2.24, 2.45) is 4.99 Å². The molecule has 0 aliphatic heterocycles. The van der Waals surface area contributed by atoms with Gasteiger partial charge in [-0.3, -0.25) is 4.79 Å². The molecule has 4 nitrogen and oxygen atoms in total. The van der Waals surface area contributed by atoms with Crippen molar-refractivity contribution in [3.8, 4) is 0 Å². The van der Waals surface area contributed by atoms with E-state index in [1.807, 2.05) is 41.8 Å². The number of aryl methyl sites for hydroxylation is 1. The highest BCUT2D eigenvalue weighted by Crippen LogP contribution is 2.32. The van der Waals surface area contributed by atoms with Crippen molar-refractivity contribution >= 4 is 72.2 Å². The number of benzene rings is 2. The second-order valence-corrected chi connectivity index (χ2v) is 8.07. The first-order valence-corrected chi connectivity index (χ1v) is 9.89. The van der Waals surface area contributed by atoms with Gasteiger partial charge in [0.25, 0.3) is 0 Å². The van der Waals surface area contributed by atoms with E-state index in [1.54, 1.807) is 6.07 Å². The van der Waals surface area contributed by atoms with Gasteiger partial charge in [0, 0.05) is 6.54 Å². The van der Waals surface area contributed by atoms with Gasteiger partial charge < -0.3 is 4.57 Å². The van der Waals surface area contributed by atoms with Gasteiger partial charge in [-0.05, 0) is 31.2 Å². The molecule has 2 aromatic heterocycles. The highest BCUT2D eigenvalue weighted by Gasteiger charge is 2.15. The maximum Gasteiger partial charge on any atom is 0.308 e. The molecule has 4 aromatic rings. The molecular formula is C17H11Cl2N3OS2. The summed E-state index contributed by atoms with van der Waals surface area (Å²) in [6.45, 7) is 2.61. The molecule has 0 radical (unpaired) electrons. The van der Waals surface area contributed by atoms with E-state index >= 15 is 0 Å². The molecule has 2 aromatic carbocycles. The number of halogens is 2. The summed E-state index contributed by atoms with van der Waals surface area (Å²) in [6.07, 6.45) is 0. The standard InChI is InChI=1S/C17H11Cl2N3OS2/c1-2-22-14-12(8-7-9(18)13(14)19)25-17(22)21-15(23)16-20-10-5-3-4-6-11(10)24-16/h3-8H,2H2,1H3. The molecule has 25 heavy (non-hydrogen) atoms. The number of amides is 1. The molecule has 0 fully saturated rings. The molecule has 0 atom stereocenters. The molecule has 1 amide bonds. The van der Waals surface area contributed by atoms with Gasteiger partial charge in [0.05, 0.1) is 30.5 Å². The second kappa shape index (κ2) is 6.53. The molecule has 0 unspecified atom stereocenters. The van der Waals surface area contributed by atoms with Gasteiger partial charge in [0.1, 0.15) is 0 Å². The first-order chi connectivity index (χ1) is 12.1. The van der Waals surface area contributed by atoms with E-state index in [1.165, 1.54) is 22.7 Å². The molecule has 0 aliphatic rings. The zero-order chi connectivity index (χ0) is 17.6. The number of hydrogen-bond donors (Lipinski definition) is 0. The van der Waals surface area contributed by atoms with Crippen molar-refractivity contribution < 1.29 is 4.79 Å². The van der Waals surface area contributed by atoms with Gasteiger partial charge in [0.2, 0.25) is 0 Å². The van der Waals surface area contributed by atoms with E-state index in [9.17, 15) is 4.79 Å². The van der Waals surface area contributed by atoms with E-state index in [2.05, 4.69) is 9.98 Å². The minimum Gasteiger partial charge on any atom is -0.315 e. The summed E-state index contributed by atoms with van der Waals surface area (Å²) in [6, 6.07) is 11.3. The van der Waals surface area contributed by atoms with Crippen LogP contribution in [0.4, 0.5) is 0 Å². The lowest BCUT2D eigenvalue weighted by atomic mass is 10.3. The Morgan fingerprint density at radius 2 is 1.96 bits per heavy atom. The Kier molecular flexibility index (Phi) is 4.37. The number of thiazole rings is 2. The Morgan fingerprint density at radius 1 is 1.16 bits per heavy atom. The average molecular weight is 408 g/mol. The largest absolute Gasteiger partial charge is 0.315 e. The van der Waals surface area contributed by atoms with Crippen LogP contribution in [0.5, 0.6) is 0 Å². The third-order valence-electron chi connectivity index (χ3n) is 3.72. The van der Waals surface area contributed by atoms with Gasteiger partial charge in [-0.1, -0.05) is 46.7 Å². The lowest BCUT2D eigenvalue weighted by Crippen LogP contribution is -2.16. The monoisotopic (exact) mass is 407 g/mol. The Labute approximate surface area is 161 Å². The summed E-state index contributed by atoms with van der Waals surface area (Å²) < 4.78 is 3.81. The topological polar surface area (TPSA) is 47.2 Å². The zero-order valence-electron chi connectivity index (χ0n) is 13.0. The van der Waals surface area contributed by atoms with Crippen LogP contribution in [0.25, 0.3) is 20.4 Å². The van der Waals surface area contributed by atoms with Gasteiger partial charge in [-0.15, -0.1) is 11.3 Å². The van der Waals surface area contributed by atoms with Crippen LogP contribution in [-0.4, -0.2) is 15.5 Å². The van der Waals surface area contributed by atoms with Crippen LogP contribution in [0, 0.1) is 0 Å². The summed E-state index contributed by atoms with van der Waals surface area (Å²) >= 11 is 15.2. The Morgan fingerprint density at radius 3 is 2.72 bits per heavy atom. The van der Waals surface area contributed by atoms with Crippen molar-refractivity contribution in [1.82, 2.24) is 9.55 Å². The van der Waals surface area contributed by atoms with E-state index in [0.29, 0.717) is 26.4 Å². The lowest BCUT2D eigenvalue weighted by molar-refractivity contribution is 0.0997. The number of hydrogen-bond acceptors (Lipinski definition) is 4. The van der Waals surface area contributed by atoms with Crippen LogP contribution in [-0.2, 0) is 6.54 Å². The molecule has 0 N–H and O–H groups in total. The number of rotatable bonds is 2. The summed E-state index contributed by atoms with van der Waals surface area (Å²) in [5.41, 5.74) is 1.61. The molecule has 0 saturated heterocycles. The summed E-state index contributed by atoms with van der Waals surface area (Å²) in [5.74, 6) is -0.350. The maximum atomic E-state index is 12.6. The van der Waals surface area contributed by atoms with Crippen LogP contribution in [0.1, 0.15) is 16.7 Å². The average Bonchev–Trinajstić information content (AvgIpc) is 3.19. The fourth-order valence-corrected chi connectivity index (χ4v) is 5.01. The number of carbonyl (C=O) groups excluding carboxylic acids is 1. The van der Waals surface area contributed by atoms with E-state index in [4.69, 9.17) is 23.2 Å². The van der Waals surface area contributed by atoms with E-state index in [-0.39, 0.29) is 5.91 Å². The SMILES string of the molecule is CCn1c(=NC(=O)c2nc3ccccc3s2)sc2ccc(Cl)c(Cl)c21. The summed E-state index contributed by atoms with van der Waals surface area (Å²) in [7, 11) is 0. The van der Waals surface area contributed by atoms with Crippen LogP contribution in [0.2, 0.25) is 10.0 Å². The molecule has 0 saturated carbocycles. The maximum absolute atomic E-state index is 12.6. The molecule has 0 aliphatic carbocycles. The third-order valence-corrected chi connectivity index (χ3v) is 6.59. The summed E-state index contributed by atoms with van der Waals surface area (Å²) in [4.78, 5) is 21.9. The van der Waals surface area contributed by atoms with Crippen LogP contribution < -0.4 is 4.80 Å². The van der Waals surface area contributed by atoms with Gasteiger partial charge in [-0.2, -0.15) is 4.99 Å². The predicted molar refractivity (Wildman–Crippen MR) is 105 cm³/mol. The zero-order valence-corrected chi connectivity index (χ0v) is 16.1. The van der Waals surface area contributed by atoms with Gasteiger partial charge >= 0.3 is 5.91 Å². The van der Waals surface area contributed by atoms with Crippen molar-refractivity contribution in [1.29, 1.82) is 0 Å². The number of nitrogens with zero attached hydrogens (tertiary/aromatic N) is 3. The highest BCUT2D eigenvalue weighted by molar-refractivity contribution is 7.20. The smallest absolute Gasteiger partial charge is 0.308 e. The van der Waals surface area contributed by atoms with Crippen molar-refractivity contribution in [2.75, 3.05) is 0 Å². The molecule has 8 heteroatoms. The minimum atomic E-state index is -0.350. The Balaban J connectivity index is 1.88. The third kappa shape index (κ3) is 2.89. The Hall–Kier alpha value is -1.73. The van der Waals surface area contributed by atoms with Crippen LogP contribution in [0.3, 0.4) is 0 Å². The van der Waals surface area contributed by atoms with Crippen molar-refractivity contribution in [3.05, 3.63) is 56.3 Å². The first-order valence-electron chi connectivity index (χ1n) is 7.50. The van der Waals surface area contributed by atoms with E-state index < -0.39 is 0 Å². The normalized spacial score (nSPS) is 12.4. The fourth-order valence-electron chi connectivity index (χ4n) is 2.58. The predicted octanol–water partition coefficient (Wildman–Crippen LogP) is 5.38. The molecule has 0 spiro atoms. The van der Waals surface area contributed by atoms with Gasteiger partial charge in [0.15, 0.2) is 9.81 Å². The van der Waals surface area contributed by atoms with Crippen LogP contribution in [0.15, 0.2) is 41.4 Å². The van der Waals surface area contributed by atoms with Crippen LogP contribution >= 0.6 is 45.9 Å². The first kappa shape index (κ1) is 16.7. The van der Waals surface area contributed by atoms with Gasteiger partial charge in [-0.25, -0.2) is 4.98 Å². The lowest BCUT2D eigenvalue weighted by Gasteiger charge is -2.03. The van der Waals surface area contributed by atoms with E-state index in [0.717, 1.165) is 20.4 Å². The highest BCUT2D eigenvalue weighted by atomic mass is 35.5. The summed E-state index contributed by atoms with van der Waals surface area (Å²) in [5, 5.41) is 1.34. The molecule has 0 bridgehead atoms. The fraction of sp³-hybridized carbons (Fsp3) is 0.118. The number of aromatic nitrogens is 2. The molecule has 2 heterocycles. The number of fused-ring (bicyclic) bond motifs is 2. The van der Waals surface area contributed by atoms with Crippen molar-refractivity contribution in [2.45, 2.75) is 13.5 Å².